The van der Waals surface area contributed by atoms with Crippen molar-refractivity contribution in [1.29, 1.82) is 0 Å². The van der Waals surface area contributed by atoms with E-state index in [-0.39, 0.29) is 40.8 Å². The van der Waals surface area contributed by atoms with Crippen LogP contribution in [0, 0.1) is 0 Å². The number of hydrogen-bond acceptors (Lipinski definition) is 7. The van der Waals surface area contributed by atoms with Gasteiger partial charge in [0.15, 0.2) is 12.4 Å². The molecule has 4 rings (SSSR count). The summed E-state index contributed by atoms with van der Waals surface area (Å²) in [7, 11) is -3.82. The van der Waals surface area contributed by atoms with Gasteiger partial charge >= 0.3 is 0 Å². The number of rotatable bonds is 6. The lowest BCUT2D eigenvalue weighted by Crippen LogP contribution is -2.39. The Bertz CT molecular complexity index is 1050. The third-order valence-electron chi connectivity index (χ3n) is 5.29. The Morgan fingerprint density at radius 3 is 2.73 bits per heavy atom. The van der Waals surface area contributed by atoms with Crippen LogP contribution in [0.15, 0.2) is 21.6 Å². The van der Waals surface area contributed by atoms with Crippen LogP contribution in [-0.4, -0.2) is 37.1 Å². The molecule has 1 aromatic heterocycles. The third kappa shape index (κ3) is 4.30. The predicted octanol–water partition coefficient (Wildman–Crippen LogP) is 2.82. The molecule has 0 atom stereocenters. The number of fused-ring (bicyclic) bond motifs is 1. The molecule has 1 fully saturated rings. The lowest BCUT2D eigenvalue weighted by Gasteiger charge is -2.29. The topological polar surface area (TPSA) is 115 Å². The number of anilines is 1. The molecule has 2 aromatic rings. The van der Waals surface area contributed by atoms with Crippen molar-refractivity contribution in [3.05, 3.63) is 28.9 Å². The van der Waals surface area contributed by atoms with Crippen molar-refractivity contribution in [3.8, 4) is 5.75 Å². The molecule has 0 spiro atoms. The summed E-state index contributed by atoms with van der Waals surface area (Å²) in [5, 5.41) is 3.89. The van der Waals surface area contributed by atoms with Crippen molar-refractivity contribution in [2.75, 3.05) is 11.5 Å². The first-order valence-corrected chi connectivity index (χ1v) is 11.8. The first kappa shape index (κ1) is 21.1. The number of ether oxygens (including phenoxy) is 1. The quantitative estimate of drug-likeness (QED) is 0.713. The molecule has 0 bridgehead atoms. The van der Waals surface area contributed by atoms with E-state index in [0.717, 1.165) is 32.1 Å². The number of carbonyl (C=O) groups is 1. The van der Waals surface area contributed by atoms with Crippen LogP contribution in [0.3, 0.4) is 0 Å². The molecule has 2 aliphatic rings. The van der Waals surface area contributed by atoms with Gasteiger partial charge in [0.2, 0.25) is 15.9 Å². The summed E-state index contributed by atoms with van der Waals surface area (Å²) in [5.74, 6) is 0.776. The van der Waals surface area contributed by atoms with Crippen LogP contribution in [0.25, 0.3) is 0 Å². The zero-order chi connectivity index (χ0) is 21.3. The smallest absolute Gasteiger partial charge is 0.265 e. The fourth-order valence-corrected chi connectivity index (χ4v) is 5.57. The van der Waals surface area contributed by atoms with E-state index in [1.807, 2.05) is 6.92 Å². The molecule has 1 saturated carbocycles. The third-order valence-corrected chi connectivity index (χ3v) is 7.27. The molecule has 1 amide bonds. The van der Waals surface area contributed by atoms with Gasteiger partial charge in [-0.05, 0) is 18.9 Å². The average molecular weight is 455 g/mol. The van der Waals surface area contributed by atoms with E-state index in [1.54, 1.807) is 0 Å². The maximum Gasteiger partial charge on any atom is 0.265 e. The zero-order valence-electron chi connectivity index (χ0n) is 16.6. The minimum absolute atomic E-state index is 0.0164. The van der Waals surface area contributed by atoms with Gasteiger partial charge in [-0.3, -0.25) is 9.69 Å². The molecule has 2 heterocycles. The Hall–Kier alpha value is -2.17. The van der Waals surface area contributed by atoms with Gasteiger partial charge in [-0.15, -0.1) is 0 Å². The van der Waals surface area contributed by atoms with E-state index < -0.39 is 10.0 Å². The molecule has 11 heteroatoms. The Morgan fingerprint density at radius 2 is 2.03 bits per heavy atom. The number of nitrogens with one attached hydrogen (secondary N) is 1. The van der Waals surface area contributed by atoms with Crippen LogP contribution in [-0.2, 0) is 27.8 Å². The summed E-state index contributed by atoms with van der Waals surface area (Å²) >= 11 is 6.34. The molecule has 30 heavy (non-hydrogen) atoms. The average Bonchev–Trinajstić information content (AvgIpc) is 3.18. The maximum atomic E-state index is 12.9. The highest BCUT2D eigenvalue weighted by Gasteiger charge is 2.31. The number of hydrogen-bond donors (Lipinski definition) is 1. The highest BCUT2D eigenvalue weighted by Crippen LogP contribution is 2.39. The normalized spacial score (nSPS) is 17.7. The van der Waals surface area contributed by atoms with Gasteiger partial charge < -0.3 is 9.26 Å². The van der Waals surface area contributed by atoms with Gasteiger partial charge in [0, 0.05) is 18.5 Å². The van der Waals surface area contributed by atoms with Gasteiger partial charge in [-0.25, -0.2) is 13.1 Å². The number of nitrogens with zero attached hydrogens (tertiary/aromatic N) is 3. The van der Waals surface area contributed by atoms with Crippen LogP contribution in [0.4, 0.5) is 5.69 Å². The molecule has 1 aliphatic heterocycles. The number of halogens is 1. The van der Waals surface area contributed by atoms with Crippen LogP contribution in [0.2, 0.25) is 5.02 Å². The van der Waals surface area contributed by atoms with Crippen molar-refractivity contribution < 1.29 is 22.5 Å². The second kappa shape index (κ2) is 8.52. The first-order valence-electron chi connectivity index (χ1n) is 9.98. The summed E-state index contributed by atoms with van der Waals surface area (Å²) in [6.45, 7) is 1.74. The van der Waals surface area contributed by atoms with E-state index in [1.165, 1.54) is 17.0 Å². The standard InChI is InChI=1S/C19H23ClN4O5S/c1-2-18-21-17(22-29-18)10-24-14-8-13(20)16(9-15(14)28-11-19(24)25)30(26,27)23-12-6-4-3-5-7-12/h8-9,12,23H,2-7,10-11H2,1H3. The Morgan fingerprint density at radius 1 is 1.27 bits per heavy atom. The molecule has 1 N–H and O–H groups in total. The fraction of sp³-hybridized carbons (Fsp3) is 0.526. The van der Waals surface area contributed by atoms with E-state index in [2.05, 4.69) is 14.9 Å². The molecule has 162 valence electrons. The van der Waals surface area contributed by atoms with Gasteiger partial charge in [-0.1, -0.05) is 42.9 Å². The Kier molecular flexibility index (Phi) is 5.99. The molecule has 1 aliphatic carbocycles. The highest BCUT2D eigenvalue weighted by atomic mass is 35.5. The van der Waals surface area contributed by atoms with Crippen molar-refractivity contribution in [1.82, 2.24) is 14.9 Å². The predicted molar refractivity (Wildman–Crippen MR) is 109 cm³/mol. The van der Waals surface area contributed by atoms with E-state index >= 15 is 0 Å². The van der Waals surface area contributed by atoms with Crippen LogP contribution in [0.1, 0.15) is 50.7 Å². The van der Waals surface area contributed by atoms with E-state index in [4.69, 9.17) is 20.9 Å². The molecule has 0 radical (unpaired) electrons. The SMILES string of the molecule is CCc1nc(CN2C(=O)COc3cc(S(=O)(=O)NC4CCCCC4)c(Cl)cc32)no1. The first-order chi connectivity index (χ1) is 14.4. The van der Waals surface area contributed by atoms with E-state index in [9.17, 15) is 13.2 Å². The summed E-state index contributed by atoms with van der Waals surface area (Å²) in [6.07, 6.45) is 5.33. The van der Waals surface area contributed by atoms with Crippen molar-refractivity contribution >= 4 is 33.2 Å². The Labute approximate surface area is 179 Å². The van der Waals surface area contributed by atoms with Crippen LogP contribution >= 0.6 is 11.6 Å². The van der Waals surface area contributed by atoms with Gasteiger partial charge in [0.1, 0.15) is 10.6 Å². The number of sulfonamides is 1. The van der Waals surface area contributed by atoms with Gasteiger partial charge in [0.05, 0.1) is 17.3 Å². The maximum absolute atomic E-state index is 12.9. The number of benzene rings is 1. The number of amides is 1. The number of aryl methyl sites for hydroxylation is 1. The van der Waals surface area contributed by atoms with Crippen molar-refractivity contribution in [2.24, 2.45) is 0 Å². The monoisotopic (exact) mass is 454 g/mol. The minimum Gasteiger partial charge on any atom is -0.482 e. The molecular weight excluding hydrogens is 432 g/mol. The highest BCUT2D eigenvalue weighted by molar-refractivity contribution is 7.89. The lowest BCUT2D eigenvalue weighted by atomic mass is 9.96. The molecule has 0 saturated heterocycles. The number of carbonyl (C=O) groups excluding carboxylic acids is 1. The largest absolute Gasteiger partial charge is 0.482 e. The number of aromatic nitrogens is 2. The van der Waals surface area contributed by atoms with Crippen molar-refractivity contribution in [3.63, 3.8) is 0 Å². The second-order valence-electron chi connectivity index (χ2n) is 7.43. The summed E-state index contributed by atoms with van der Waals surface area (Å²) in [5.41, 5.74) is 0.371. The van der Waals surface area contributed by atoms with E-state index in [0.29, 0.717) is 23.8 Å². The molecular formula is C19H23ClN4O5S. The second-order valence-corrected chi connectivity index (χ2v) is 9.52. The summed E-state index contributed by atoms with van der Waals surface area (Å²) in [6, 6.07) is 2.71. The van der Waals surface area contributed by atoms with Crippen molar-refractivity contribution in [2.45, 2.75) is 62.9 Å². The lowest BCUT2D eigenvalue weighted by molar-refractivity contribution is -0.121. The molecule has 1 aromatic carbocycles. The summed E-state index contributed by atoms with van der Waals surface area (Å²) in [4.78, 5) is 18.0. The fourth-order valence-electron chi connectivity index (χ4n) is 3.72. The van der Waals surface area contributed by atoms with Crippen LogP contribution in [0.5, 0.6) is 5.75 Å². The molecule has 9 nitrogen and oxygen atoms in total. The molecule has 0 unspecified atom stereocenters. The zero-order valence-corrected chi connectivity index (χ0v) is 18.1. The summed E-state index contributed by atoms with van der Waals surface area (Å²) < 4.78 is 39.2. The van der Waals surface area contributed by atoms with Crippen LogP contribution < -0.4 is 14.4 Å². The minimum atomic E-state index is -3.82. The Balaban J connectivity index is 1.62. The van der Waals surface area contributed by atoms with Gasteiger partial charge in [-0.2, -0.15) is 4.98 Å². The van der Waals surface area contributed by atoms with Gasteiger partial charge in [0.25, 0.3) is 5.91 Å².